The van der Waals surface area contributed by atoms with Crippen LogP contribution in [0.25, 0.3) is 0 Å². The lowest BCUT2D eigenvalue weighted by Gasteiger charge is -2.14. The zero-order valence-electron chi connectivity index (χ0n) is 8.43. The van der Waals surface area contributed by atoms with E-state index in [-0.39, 0.29) is 18.2 Å². The molecule has 0 amide bonds. The van der Waals surface area contributed by atoms with E-state index in [1.54, 1.807) is 6.92 Å². The van der Waals surface area contributed by atoms with Crippen molar-refractivity contribution in [2.45, 2.75) is 25.5 Å². The maximum absolute atomic E-state index is 11.5. The molecular formula is C8H17NO4S. The predicted octanol–water partition coefficient (Wildman–Crippen LogP) is -0.141. The summed E-state index contributed by atoms with van der Waals surface area (Å²) in [5.41, 5.74) is 5.12. The summed E-state index contributed by atoms with van der Waals surface area (Å²) in [5, 5.41) is 7.17. The van der Waals surface area contributed by atoms with Gasteiger partial charge in [0.1, 0.15) is 0 Å². The van der Waals surface area contributed by atoms with Gasteiger partial charge in [0.05, 0.1) is 5.75 Å². The Hall–Kier alpha value is -0.620. The van der Waals surface area contributed by atoms with Crippen LogP contribution in [0.1, 0.15) is 20.3 Å². The lowest BCUT2D eigenvalue weighted by molar-refractivity contribution is -0.136. The van der Waals surface area contributed by atoms with Crippen LogP contribution in [0.15, 0.2) is 0 Å². The largest absolute Gasteiger partial charge is 0.480 e. The number of carboxylic acids is 1. The average Bonchev–Trinajstić information content (AvgIpc) is 2.02. The van der Waals surface area contributed by atoms with E-state index in [1.165, 1.54) is 0 Å². The standard InChI is InChI=1S/C8H17NO4S/c1-3-6(2)5-14(12,13)7(4-9)8(10)11/h6-7H,3-5,9H2,1-2H3,(H,10,11). The van der Waals surface area contributed by atoms with Gasteiger partial charge >= 0.3 is 5.97 Å². The molecule has 0 aliphatic heterocycles. The van der Waals surface area contributed by atoms with E-state index in [0.29, 0.717) is 6.42 Å². The highest BCUT2D eigenvalue weighted by molar-refractivity contribution is 7.92. The van der Waals surface area contributed by atoms with E-state index in [9.17, 15) is 13.2 Å². The highest BCUT2D eigenvalue weighted by Gasteiger charge is 2.31. The molecule has 0 spiro atoms. The molecule has 14 heavy (non-hydrogen) atoms. The zero-order valence-corrected chi connectivity index (χ0v) is 9.25. The van der Waals surface area contributed by atoms with Crippen LogP contribution in [-0.2, 0) is 14.6 Å². The van der Waals surface area contributed by atoms with E-state index < -0.39 is 21.1 Å². The molecule has 0 aromatic rings. The first-order valence-electron chi connectivity index (χ1n) is 4.49. The summed E-state index contributed by atoms with van der Waals surface area (Å²) in [6.07, 6.45) is 0.705. The Balaban J connectivity index is 4.67. The number of carboxylic acid groups (broad SMARTS) is 1. The van der Waals surface area contributed by atoms with Gasteiger partial charge in [-0.25, -0.2) is 8.42 Å². The Bertz CT molecular complexity index is 286. The summed E-state index contributed by atoms with van der Waals surface area (Å²) in [6.45, 7) is 3.26. The SMILES string of the molecule is CCC(C)CS(=O)(=O)C(CN)C(=O)O. The fraction of sp³-hybridized carbons (Fsp3) is 0.875. The van der Waals surface area contributed by atoms with Gasteiger partial charge < -0.3 is 10.8 Å². The Morgan fingerprint density at radius 1 is 1.50 bits per heavy atom. The first-order chi connectivity index (χ1) is 6.35. The lowest BCUT2D eigenvalue weighted by Crippen LogP contribution is -2.39. The van der Waals surface area contributed by atoms with E-state index in [4.69, 9.17) is 10.8 Å². The molecule has 5 nitrogen and oxygen atoms in total. The molecule has 3 N–H and O–H groups in total. The third kappa shape index (κ3) is 3.63. The number of nitrogens with two attached hydrogens (primary N) is 1. The molecule has 0 heterocycles. The van der Waals surface area contributed by atoms with Crippen LogP contribution >= 0.6 is 0 Å². The topological polar surface area (TPSA) is 97.5 Å². The predicted molar refractivity (Wildman–Crippen MR) is 53.7 cm³/mol. The Morgan fingerprint density at radius 3 is 2.29 bits per heavy atom. The second-order valence-corrected chi connectivity index (χ2v) is 5.63. The summed E-state index contributed by atoms with van der Waals surface area (Å²) < 4.78 is 23.0. The van der Waals surface area contributed by atoms with Gasteiger partial charge in [-0.15, -0.1) is 0 Å². The quantitative estimate of drug-likeness (QED) is 0.653. The molecule has 0 bridgehead atoms. The third-order valence-corrected chi connectivity index (χ3v) is 4.43. The van der Waals surface area contributed by atoms with Crippen LogP contribution in [0, 0.1) is 5.92 Å². The number of carbonyl (C=O) groups is 1. The monoisotopic (exact) mass is 223 g/mol. The van der Waals surface area contributed by atoms with Crippen molar-refractivity contribution >= 4 is 15.8 Å². The third-order valence-electron chi connectivity index (χ3n) is 2.14. The summed E-state index contributed by atoms with van der Waals surface area (Å²) in [7, 11) is -3.61. The average molecular weight is 223 g/mol. The van der Waals surface area contributed by atoms with E-state index >= 15 is 0 Å². The molecule has 0 fully saturated rings. The summed E-state index contributed by atoms with van der Waals surface area (Å²) in [4.78, 5) is 10.6. The molecule has 0 rings (SSSR count). The van der Waals surface area contributed by atoms with Crippen LogP contribution in [0.2, 0.25) is 0 Å². The van der Waals surface area contributed by atoms with Crippen molar-refractivity contribution in [1.82, 2.24) is 0 Å². The highest BCUT2D eigenvalue weighted by Crippen LogP contribution is 2.10. The molecule has 0 aliphatic carbocycles. The van der Waals surface area contributed by atoms with Gasteiger partial charge in [0.2, 0.25) is 0 Å². The van der Waals surface area contributed by atoms with Crippen molar-refractivity contribution in [2.24, 2.45) is 11.7 Å². The minimum absolute atomic E-state index is 0.0339. The maximum Gasteiger partial charge on any atom is 0.323 e. The summed E-state index contributed by atoms with van der Waals surface area (Å²) in [5.74, 6) is -1.51. The van der Waals surface area contributed by atoms with E-state index in [2.05, 4.69) is 0 Å². The van der Waals surface area contributed by atoms with E-state index in [1.807, 2.05) is 6.92 Å². The number of aliphatic carboxylic acids is 1. The molecule has 2 atom stereocenters. The Labute approximate surface area is 84.2 Å². The van der Waals surface area contributed by atoms with Crippen molar-refractivity contribution in [3.05, 3.63) is 0 Å². The fourth-order valence-corrected chi connectivity index (χ4v) is 2.89. The molecule has 0 aromatic heterocycles. The number of sulfone groups is 1. The second kappa shape index (κ2) is 5.31. The van der Waals surface area contributed by atoms with Crippen LogP contribution in [0.4, 0.5) is 0 Å². The second-order valence-electron chi connectivity index (χ2n) is 3.41. The van der Waals surface area contributed by atoms with Crippen molar-refractivity contribution in [3.8, 4) is 0 Å². The molecule has 6 heteroatoms. The maximum atomic E-state index is 11.5. The number of hydrogen-bond acceptors (Lipinski definition) is 4. The van der Waals surface area contributed by atoms with Gasteiger partial charge in [0.15, 0.2) is 15.1 Å². The molecule has 0 aliphatic rings. The van der Waals surface area contributed by atoms with E-state index in [0.717, 1.165) is 0 Å². The van der Waals surface area contributed by atoms with Crippen molar-refractivity contribution in [1.29, 1.82) is 0 Å². The van der Waals surface area contributed by atoms with Gasteiger partial charge in [0.25, 0.3) is 0 Å². The van der Waals surface area contributed by atoms with Gasteiger partial charge in [0, 0.05) is 6.54 Å². The highest BCUT2D eigenvalue weighted by atomic mass is 32.2. The first-order valence-corrected chi connectivity index (χ1v) is 6.21. The first kappa shape index (κ1) is 13.4. The summed E-state index contributed by atoms with van der Waals surface area (Å²) >= 11 is 0. The zero-order chi connectivity index (χ0) is 11.4. The van der Waals surface area contributed by atoms with Gasteiger partial charge in [-0.05, 0) is 5.92 Å². The van der Waals surface area contributed by atoms with Gasteiger partial charge in [-0.1, -0.05) is 20.3 Å². The smallest absolute Gasteiger partial charge is 0.323 e. The van der Waals surface area contributed by atoms with Crippen LogP contribution in [-0.4, -0.2) is 37.0 Å². The van der Waals surface area contributed by atoms with Crippen molar-refractivity contribution < 1.29 is 18.3 Å². The Morgan fingerprint density at radius 2 is 2.00 bits per heavy atom. The van der Waals surface area contributed by atoms with Crippen molar-refractivity contribution in [3.63, 3.8) is 0 Å². The number of rotatable bonds is 6. The normalized spacial score (nSPS) is 16.2. The molecule has 0 saturated carbocycles. The van der Waals surface area contributed by atoms with Crippen LogP contribution < -0.4 is 5.73 Å². The minimum atomic E-state index is -3.61. The molecule has 0 saturated heterocycles. The number of hydrogen-bond donors (Lipinski definition) is 2. The molecule has 0 aromatic carbocycles. The molecular weight excluding hydrogens is 206 g/mol. The molecule has 84 valence electrons. The molecule has 2 unspecified atom stereocenters. The summed E-state index contributed by atoms with van der Waals surface area (Å²) in [6, 6.07) is 0. The van der Waals surface area contributed by atoms with Crippen LogP contribution in [0.3, 0.4) is 0 Å². The molecule has 0 radical (unpaired) electrons. The Kier molecular flexibility index (Phi) is 5.07. The van der Waals surface area contributed by atoms with Crippen molar-refractivity contribution in [2.75, 3.05) is 12.3 Å². The van der Waals surface area contributed by atoms with Gasteiger partial charge in [-0.2, -0.15) is 0 Å². The fourth-order valence-electron chi connectivity index (χ4n) is 1.03. The lowest BCUT2D eigenvalue weighted by atomic mass is 10.2. The van der Waals surface area contributed by atoms with Crippen LogP contribution in [0.5, 0.6) is 0 Å². The van der Waals surface area contributed by atoms with Gasteiger partial charge in [-0.3, -0.25) is 4.79 Å². The minimum Gasteiger partial charge on any atom is -0.480 e.